The first-order valence-corrected chi connectivity index (χ1v) is 5.32. The fourth-order valence-electron chi connectivity index (χ4n) is 1.42. The molecule has 0 amide bonds. The van der Waals surface area contributed by atoms with Gasteiger partial charge in [0.2, 0.25) is 11.8 Å². The number of hydrogen-bond donors (Lipinski definition) is 1. The summed E-state index contributed by atoms with van der Waals surface area (Å²) in [6, 6.07) is 0. The number of aromatic nitrogens is 4. The molecule has 0 fully saturated rings. The maximum atomic E-state index is 5.06. The summed E-state index contributed by atoms with van der Waals surface area (Å²) in [4.78, 5) is 8.34. The van der Waals surface area contributed by atoms with Crippen LogP contribution in [0.5, 0.6) is 0 Å². The standard InChI is InChI=1S/C10H15N5O2/c1-8-13-9(17-14-8)7-15-5-3-11-10(15)12-4-6-16-2/h3,5H,4,6-7H2,1-2H3,(H,11,12). The van der Waals surface area contributed by atoms with Crippen molar-refractivity contribution in [3.05, 3.63) is 24.1 Å². The summed E-state index contributed by atoms with van der Waals surface area (Å²) >= 11 is 0. The number of nitrogens with zero attached hydrogens (tertiary/aromatic N) is 4. The Labute approximate surface area is 98.8 Å². The molecular weight excluding hydrogens is 222 g/mol. The highest BCUT2D eigenvalue weighted by molar-refractivity contribution is 5.26. The van der Waals surface area contributed by atoms with E-state index in [9.17, 15) is 0 Å². The Balaban J connectivity index is 1.98. The molecule has 0 saturated heterocycles. The predicted molar refractivity (Wildman–Crippen MR) is 60.7 cm³/mol. The van der Waals surface area contributed by atoms with Crippen LogP contribution in [-0.4, -0.2) is 40.0 Å². The quantitative estimate of drug-likeness (QED) is 0.744. The van der Waals surface area contributed by atoms with Crippen LogP contribution in [0.2, 0.25) is 0 Å². The van der Waals surface area contributed by atoms with Gasteiger partial charge in [-0.05, 0) is 6.92 Å². The van der Waals surface area contributed by atoms with Crippen LogP contribution in [0.3, 0.4) is 0 Å². The van der Waals surface area contributed by atoms with Crippen molar-refractivity contribution < 1.29 is 9.26 Å². The van der Waals surface area contributed by atoms with E-state index in [1.165, 1.54) is 0 Å². The lowest BCUT2D eigenvalue weighted by atomic mass is 10.6. The zero-order valence-corrected chi connectivity index (χ0v) is 9.88. The minimum atomic E-state index is 0.510. The normalized spacial score (nSPS) is 10.7. The molecule has 2 heterocycles. The smallest absolute Gasteiger partial charge is 0.246 e. The van der Waals surface area contributed by atoms with E-state index in [1.54, 1.807) is 20.2 Å². The number of aryl methyl sites for hydroxylation is 1. The molecule has 0 aromatic carbocycles. The maximum absolute atomic E-state index is 5.06. The van der Waals surface area contributed by atoms with Gasteiger partial charge < -0.3 is 19.1 Å². The lowest BCUT2D eigenvalue weighted by molar-refractivity contribution is 0.210. The molecule has 0 bridgehead atoms. The molecule has 17 heavy (non-hydrogen) atoms. The van der Waals surface area contributed by atoms with E-state index in [0.717, 1.165) is 5.95 Å². The molecule has 0 aliphatic carbocycles. The first kappa shape index (κ1) is 11.6. The van der Waals surface area contributed by atoms with Crippen molar-refractivity contribution in [2.45, 2.75) is 13.5 Å². The Hall–Kier alpha value is -1.89. The molecule has 2 aromatic heterocycles. The Bertz CT molecular complexity index is 465. The van der Waals surface area contributed by atoms with Crippen molar-refractivity contribution in [3.8, 4) is 0 Å². The van der Waals surface area contributed by atoms with Crippen LogP contribution in [0.25, 0.3) is 0 Å². The Morgan fingerprint density at radius 3 is 3.12 bits per heavy atom. The summed E-state index contributed by atoms with van der Waals surface area (Å²) in [7, 11) is 1.66. The van der Waals surface area contributed by atoms with Gasteiger partial charge in [-0.25, -0.2) is 4.98 Å². The summed E-state index contributed by atoms with van der Waals surface area (Å²) in [5.41, 5.74) is 0. The number of imidazole rings is 1. The van der Waals surface area contributed by atoms with Crippen LogP contribution in [0.4, 0.5) is 5.95 Å². The third-order valence-electron chi connectivity index (χ3n) is 2.18. The van der Waals surface area contributed by atoms with E-state index in [-0.39, 0.29) is 0 Å². The van der Waals surface area contributed by atoms with Gasteiger partial charge in [-0.3, -0.25) is 0 Å². The SMILES string of the molecule is COCCNc1nccn1Cc1nc(C)no1. The van der Waals surface area contributed by atoms with Gasteiger partial charge in [0, 0.05) is 26.0 Å². The summed E-state index contributed by atoms with van der Waals surface area (Å²) in [5, 5.41) is 6.90. The number of ether oxygens (including phenoxy) is 1. The topological polar surface area (TPSA) is 78.0 Å². The van der Waals surface area contributed by atoms with Crippen molar-refractivity contribution >= 4 is 5.95 Å². The summed E-state index contributed by atoms with van der Waals surface area (Å²) in [6.45, 7) is 3.64. The van der Waals surface area contributed by atoms with Gasteiger partial charge in [0.15, 0.2) is 5.82 Å². The summed E-state index contributed by atoms with van der Waals surface area (Å²) in [5.74, 6) is 1.96. The molecule has 0 atom stereocenters. The minimum absolute atomic E-state index is 0.510. The number of rotatable bonds is 6. The zero-order valence-electron chi connectivity index (χ0n) is 9.88. The summed E-state index contributed by atoms with van der Waals surface area (Å²) in [6.07, 6.45) is 3.58. The Morgan fingerprint density at radius 2 is 2.41 bits per heavy atom. The van der Waals surface area contributed by atoms with Gasteiger partial charge in [-0.15, -0.1) is 0 Å². The number of methoxy groups -OCH3 is 1. The van der Waals surface area contributed by atoms with Gasteiger partial charge in [-0.2, -0.15) is 4.98 Å². The number of hydrogen-bond acceptors (Lipinski definition) is 6. The van der Waals surface area contributed by atoms with E-state index in [0.29, 0.717) is 31.4 Å². The molecule has 7 nitrogen and oxygen atoms in total. The van der Waals surface area contributed by atoms with Crippen molar-refractivity contribution in [2.24, 2.45) is 0 Å². The Morgan fingerprint density at radius 1 is 1.53 bits per heavy atom. The van der Waals surface area contributed by atoms with Gasteiger partial charge in [0.25, 0.3) is 0 Å². The number of nitrogens with one attached hydrogen (secondary N) is 1. The lowest BCUT2D eigenvalue weighted by Crippen LogP contribution is -2.12. The average molecular weight is 237 g/mol. The second kappa shape index (κ2) is 5.44. The fourth-order valence-corrected chi connectivity index (χ4v) is 1.42. The molecule has 2 rings (SSSR count). The highest BCUT2D eigenvalue weighted by Gasteiger charge is 2.07. The van der Waals surface area contributed by atoms with Gasteiger partial charge in [-0.1, -0.05) is 5.16 Å². The second-order valence-corrected chi connectivity index (χ2v) is 3.53. The molecule has 1 N–H and O–H groups in total. The molecule has 2 aromatic rings. The molecule has 7 heteroatoms. The first-order chi connectivity index (χ1) is 8.29. The van der Waals surface area contributed by atoms with Gasteiger partial charge in [0.05, 0.1) is 6.61 Å². The van der Waals surface area contributed by atoms with Crippen molar-refractivity contribution in [3.63, 3.8) is 0 Å². The van der Waals surface area contributed by atoms with Gasteiger partial charge in [0.1, 0.15) is 6.54 Å². The highest BCUT2D eigenvalue weighted by Crippen LogP contribution is 2.07. The molecule has 0 unspecified atom stereocenters. The summed E-state index contributed by atoms with van der Waals surface area (Å²) < 4.78 is 11.9. The monoisotopic (exact) mass is 237 g/mol. The Kier molecular flexibility index (Phi) is 3.71. The minimum Gasteiger partial charge on any atom is -0.383 e. The van der Waals surface area contributed by atoms with E-state index in [2.05, 4.69) is 20.4 Å². The van der Waals surface area contributed by atoms with Gasteiger partial charge >= 0.3 is 0 Å². The molecule has 0 aliphatic rings. The van der Waals surface area contributed by atoms with E-state index >= 15 is 0 Å². The largest absolute Gasteiger partial charge is 0.383 e. The van der Waals surface area contributed by atoms with Crippen LogP contribution in [0.1, 0.15) is 11.7 Å². The third-order valence-corrected chi connectivity index (χ3v) is 2.18. The average Bonchev–Trinajstić information content (AvgIpc) is 2.90. The predicted octanol–water partition coefficient (Wildman–Crippen LogP) is 0.681. The van der Waals surface area contributed by atoms with Crippen LogP contribution < -0.4 is 5.32 Å². The molecule has 0 spiro atoms. The van der Waals surface area contributed by atoms with Crippen molar-refractivity contribution in [1.82, 2.24) is 19.7 Å². The third kappa shape index (κ3) is 3.04. The van der Waals surface area contributed by atoms with E-state index < -0.39 is 0 Å². The lowest BCUT2D eigenvalue weighted by Gasteiger charge is -2.07. The fraction of sp³-hybridized carbons (Fsp3) is 0.500. The van der Waals surface area contributed by atoms with Crippen LogP contribution in [0, 0.1) is 6.92 Å². The molecule has 0 aliphatic heterocycles. The van der Waals surface area contributed by atoms with Crippen molar-refractivity contribution in [1.29, 1.82) is 0 Å². The van der Waals surface area contributed by atoms with Crippen LogP contribution in [-0.2, 0) is 11.3 Å². The van der Waals surface area contributed by atoms with E-state index in [4.69, 9.17) is 9.26 Å². The molecule has 0 saturated carbocycles. The second-order valence-electron chi connectivity index (χ2n) is 3.53. The molecule has 92 valence electrons. The maximum Gasteiger partial charge on any atom is 0.246 e. The molecule has 0 radical (unpaired) electrons. The van der Waals surface area contributed by atoms with Crippen molar-refractivity contribution in [2.75, 3.05) is 25.6 Å². The number of anilines is 1. The highest BCUT2D eigenvalue weighted by atomic mass is 16.5. The van der Waals surface area contributed by atoms with Crippen LogP contribution in [0.15, 0.2) is 16.9 Å². The van der Waals surface area contributed by atoms with E-state index in [1.807, 2.05) is 10.8 Å². The first-order valence-electron chi connectivity index (χ1n) is 5.32. The van der Waals surface area contributed by atoms with Crippen LogP contribution >= 0.6 is 0 Å². The molecular formula is C10H15N5O2. The zero-order chi connectivity index (χ0) is 12.1.